The molecule has 1 aliphatic heterocycles. The quantitative estimate of drug-likeness (QED) is 0.594. The highest BCUT2D eigenvalue weighted by molar-refractivity contribution is 9.10. The van der Waals surface area contributed by atoms with Crippen molar-refractivity contribution >= 4 is 51.2 Å². The van der Waals surface area contributed by atoms with Crippen molar-refractivity contribution in [3.8, 4) is 0 Å². The number of hydrogen-bond acceptors (Lipinski definition) is 5. The van der Waals surface area contributed by atoms with E-state index in [1.165, 1.54) is 6.92 Å². The van der Waals surface area contributed by atoms with Crippen LogP contribution in [0.3, 0.4) is 0 Å². The third kappa shape index (κ3) is 4.43. The second kappa shape index (κ2) is 7.75. The normalized spacial score (nSPS) is 14.7. The van der Waals surface area contributed by atoms with E-state index in [0.29, 0.717) is 11.3 Å². The van der Waals surface area contributed by atoms with Crippen LogP contribution < -0.4 is 10.2 Å². The Morgan fingerprint density at radius 2 is 1.89 bits per heavy atom. The van der Waals surface area contributed by atoms with Crippen molar-refractivity contribution in [3.63, 3.8) is 0 Å². The van der Waals surface area contributed by atoms with Crippen molar-refractivity contribution in [3.05, 3.63) is 63.8 Å². The van der Waals surface area contributed by atoms with E-state index in [2.05, 4.69) is 26.2 Å². The van der Waals surface area contributed by atoms with Gasteiger partial charge in [-0.3, -0.25) is 4.79 Å². The van der Waals surface area contributed by atoms with Crippen LogP contribution in [0, 0.1) is 0 Å². The lowest BCUT2D eigenvalue weighted by Gasteiger charge is -2.14. The van der Waals surface area contributed by atoms with Gasteiger partial charge < -0.3 is 15.0 Å². The zero-order chi connectivity index (χ0) is 19.6. The standard InChI is InChI=1S/C20H18BrN3O3/c1-12(25)22-15-7-5-14(6-8-15)19-23-17(20(26)27-19)11-13-4-9-18(24(2)3)16(21)10-13/h4-11H,1-3H3,(H,22,25)/b17-11-. The molecule has 0 bridgehead atoms. The third-order valence-corrected chi connectivity index (χ3v) is 4.46. The molecule has 27 heavy (non-hydrogen) atoms. The summed E-state index contributed by atoms with van der Waals surface area (Å²) in [6, 6.07) is 12.7. The van der Waals surface area contributed by atoms with Gasteiger partial charge in [-0.2, -0.15) is 0 Å². The SMILES string of the molecule is CC(=O)Nc1ccc(C2=N/C(=C\c3ccc(N(C)C)c(Br)c3)C(=O)O2)cc1. The smallest absolute Gasteiger partial charge is 0.363 e. The summed E-state index contributed by atoms with van der Waals surface area (Å²) in [5, 5.41) is 2.68. The first-order chi connectivity index (χ1) is 12.8. The summed E-state index contributed by atoms with van der Waals surface area (Å²) < 4.78 is 6.20. The molecule has 0 fully saturated rings. The fourth-order valence-corrected chi connectivity index (χ4v) is 3.32. The summed E-state index contributed by atoms with van der Waals surface area (Å²) in [4.78, 5) is 29.5. The number of cyclic esters (lactones) is 1. The van der Waals surface area contributed by atoms with Gasteiger partial charge in [0.15, 0.2) is 5.70 Å². The molecule has 0 saturated heterocycles. The molecule has 2 aromatic carbocycles. The number of esters is 1. The summed E-state index contributed by atoms with van der Waals surface area (Å²) >= 11 is 3.53. The molecule has 7 heteroatoms. The topological polar surface area (TPSA) is 71.0 Å². The number of nitrogens with one attached hydrogen (secondary N) is 1. The number of amides is 1. The highest BCUT2D eigenvalue weighted by Gasteiger charge is 2.24. The van der Waals surface area contributed by atoms with Gasteiger partial charge in [0.2, 0.25) is 11.8 Å². The number of aliphatic imine (C=N–C) groups is 1. The van der Waals surface area contributed by atoms with E-state index < -0.39 is 5.97 Å². The van der Waals surface area contributed by atoms with Gasteiger partial charge >= 0.3 is 5.97 Å². The Balaban J connectivity index is 1.84. The van der Waals surface area contributed by atoms with Crippen LogP contribution in [0.1, 0.15) is 18.1 Å². The second-order valence-electron chi connectivity index (χ2n) is 6.20. The highest BCUT2D eigenvalue weighted by atomic mass is 79.9. The Morgan fingerprint density at radius 3 is 2.48 bits per heavy atom. The minimum atomic E-state index is -0.497. The van der Waals surface area contributed by atoms with Crippen molar-refractivity contribution < 1.29 is 14.3 Å². The van der Waals surface area contributed by atoms with E-state index in [1.807, 2.05) is 37.2 Å². The maximum Gasteiger partial charge on any atom is 0.363 e. The largest absolute Gasteiger partial charge is 0.402 e. The molecule has 0 radical (unpaired) electrons. The van der Waals surface area contributed by atoms with Gasteiger partial charge in [0.05, 0.1) is 5.69 Å². The van der Waals surface area contributed by atoms with Crippen LogP contribution in [0.25, 0.3) is 6.08 Å². The predicted molar refractivity (Wildman–Crippen MR) is 110 cm³/mol. The number of carbonyl (C=O) groups excluding carboxylic acids is 2. The van der Waals surface area contributed by atoms with Crippen LogP contribution in [0.4, 0.5) is 11.4 Å². The second-order valence-corrected chi connectivity index (χ2v) is 7.05. The van der Waals surface area contributed by atoms with Crippen molar-refractivity contribution in [2.24, 2.45) is 4.99 Å². The number of benzene rings is 2. The molecule has 1 aliphatic rings. The zero-order valence-corrected chi connectivity index (χ0v) is 16.7. The van der Waals surface area contributed by atoms with Crippen LogP contribution in [0.2, 0.25) is 0 Å². The Labute approximate surface area is 165 Å². The first kappa shape index (κ1) is 18.8. The summed E-state index contributed by atoms with van der Waals surface area (Å²) in [6.07, 6.45) is 1.69. The van der Waals surface area contributed by atoms with E-state index in [9.17, 15) is 9.59 Å². The summed E-state index contributed by atoms with van der Waals surface area (Å²) in [5.41, 5.74) is 3.43. The van der Waals surface area contributed by atoms with Gasteiger partial charge in [-0.05, 0) is 64.0 Å². The molecule has 0 aliphatic carbocycles. The molecule has 0 atom stereocenters. The number of halogens is 1. The van der Waals surface area contributed by atoms with Crippen LogP contribution in [0.15, 0.2) is 57.6 Å². The average Bonchev–Trinajstić information content (AvgIpc) is 2.95. The minimum Gasteiger partial charge on any atom is -0.402 e. The molecule has 0 saturated carbocycles. The van der Waals surface area contributed by atoms with Gasteiger partial charge in [-0.15, -0.1) is 0 Å². The molecular formula is C20H18BrN3O3. The van der Waals surface area contributed by atoms with Gasteiger partial charge in [0.25, 0.3) is 0 Å². The van der Waals surface area contributed by atoms with E-state index in [0.717, 1.165) is 15.7 Å². The molecule has 6 nitrogen and oxygen atoms in total. The Hall–Kier alpha value is -2.93. The molecule has 0 aromatic heterocycles. The van der Waals surface area contributed by atoms with Crippen molar-refractivity contribution in [1.82, 2.24) is 0 Å². The maximum absolute atomic E-state index is 12.2. The van der Waals surface area contributed by atoms with Gasteiger partial charge in [0, 0.05) is 36.7 Å². The highest BCUT2D eigenvalue weighted by Crippen LogP contribution is 2.28. The van der Waals surface area contributed by atoms with Crippen LogP contribution in [0.5, 0.6) is 0 Å². The number of ether oxygens (including phenoxy) is 1. The number of nitrogens with zero attached hydrogens (tertiary/aromatic N) is 2. The van der Waals surface area contributed by atoms with Crippen molar-refractivity contribution in [2.75, 3.05) is 24.3 Å². The number of rotatable bonds is 4. The first-order valence-electron chi connectivity index (χ1n) is 8.21. The molecule has 0 spiro atoms. The molecule has 1 amide bonds. The lowest BCUT2D eigenvalue weighted by molar-refractivity contribution is -0.129. The molecule has 2 aromatic rings. The van der Waals surface area contributed by atoms with Crippen LogP contribution in [-0.2, 0) is 14.3 Å². The number of carbonyl (C=O) groups is 2. The van der Waals surface area contributed by atoms with E-state index in [1.54, 1.807) is 30.3 Å². The lowest BCUT2D eigenvalue weighted by atomic mass is 10.1. The Kier molecular flexibility index (Phi) is 5.41. The van der Waals surface area contributed by atoms with Crippen molar-refractivity contribution in [2.45, 2.75) is 6.92 Å². The fraction of sp³-hybridized carbons (Fsp3) is 0.150. The zero-order valence-electron chi connectivity index (χ0n) is 15.1. The van der Waals surface area contributed by atoms with Crippen LogP contribution in [-0.4, -0.2) is 31.9 Å². The van der Waals surface area contributed by atoms with E-state index in [4.69, 9.17) is 4.74 Å². The molecule has 3 rings (SSSR count). The molecule has 0 unspecified atom stereocenters. The summed E-state index contributed by atoms with van der Waals surface area (Å²) in [5.74, 6) is -0.405. The van der Waals surface area contributed by atoms with E-state index >= 15 is 0 Å². The Morgan fingerprint density at radius 1 is 1.19 bits per heavy atom. The molecule has 1 heterocycles. The third-order valence-electron chi connectivity index (χ3n) is 3.83. The summed E-state index contributed by atoms with van der Waals surface area (Å²) in [7, 11) is 3.92. The van der Waals surface area contributed by atoms with Gasteiger partial charge in [-0.25, -0.2) is 9.79 Å². The fourth-order valence-electron chi connectivity index (χ4n) is 2.57. The molecular weight excluding hydrogens is 410 g/mol. The predicted octanol–water partition coefficient (Wildman–Crippen LogP) is 3.82. The monoisotopic (exact) mass is 427 g/mol. The maximum atomic E-state index is 12.2. The average molecular weight is 428 g/mol. The molecule has 1 N–H and O–H groups in total. The number of anilines is 2. The summed E-state index contributed by atoms with van der Waals surface area (Å²) in [6.45, 7) is 1.44. The first-order valence-corrected chi connectivity index (χ1v) is 9.00. The molecule has 138 valence electrons. The van der Waals surface area contributed by atoms with Gasteiger partial charge in [0.1, 0.15) is 0 Å². The Bertz CT molecular complexity index is 963. The lowest BCUT2D eigenvalue weighted by Crippen LogP contribution is -2.09. The van der Waals surface area contributed by atoms with Crippen LogP contribution >= 0.6 is 15.9 Å². The number of hydrogen-bond donors (Lipinski definition) is 1. The van der Waals surface area contributed by atoms with E-state index in [-0.39, 0.29) is 17.5 Å². The minimum absolute atomic E-state index is 0.149. The van der Waals surface area contributed by atoms with Crippen molar-refractivity contribution in [1.29, 1.82) is 0 Å². The van der Waals surface area contributed by atoms with Gasteiger partial charge in [-0.1, -0.05) is 6.07 Å².